The molecule has 0 radical (unpaired) electrons. The molecule has 2 saturated heterocycles. The number of piperidine rings is 1. The topological polar surface area (TPSA) is 78.7 Å². The number of rotatable bonds is 6. The summed E-state index contributed by atoms with van der Waals surface area (Å²) < 4.78 is 11.5. The van der Waals surface area contributed by atoms with Crippen molar-refractivity contribution in [2.24, 2.45) is 11.8 Å². The van der Waals surface area contributed by atoms with Crippen LogP contribution in [0.5, 0.6) is 0 Å². The highest BCUT2D eigenvalue weighted by atomic mass is 35.5. The second-order valence-electron chi connectivity index (χ2n) is 9.94. The summed E-state index contributed by atoms with van der Waals surface area (Å²) in [6.07, 6.45) is 1.24. The molecule has 0 amide bonds. The van der Waals surface area contributed by atoms with Gasteiger partial charge in [0.2, 0.25) is 5.95 Å². The highest BCUT2D eigenvalue weighted by Crippen LogP contribution is 2.28. The second kappa shape index (κ2) is 11.7. The lowest BCUT2D eigenvalue weighted by Gasteiger charge is -2.36. The Morgan fingerprint density at radius 3 is 2.38 bits per heavy atom. The van der Waals surface area contributed by atoms with Crippen LogP contribution in [0.4, 0.5) is 17.6 Å². The third-order valence-electron chi connectivity index (χ3n) is 6.67. The normalized spacial score (nSPS) is 20.1. The fourth-order valence-electron chi connectivity index (χ4n) is 5.00. The molecule has 3 aromatic rings. The molecule has 8 nitrogen and oxygen atoms in total. The molecule has 4 heterocycles. The van der Waals surface area contributed by atoms with Gasteiger partial charge in [-0.25, -0.2) is 0 Å². The molecule has 2 fully saturated rings. The van der Waals surface area contributed by atoms with Crippen molar-refractivity contribution >= 4 is 46.5 Å². The summed E-state index contributed by atoms with van der Waals surface area (Å²) >= 11 is 11.6. The molecular weight excluding hydrogens is 508 g/mol. The van der Waals surface area contributed by atoms with E-state index in [1.165, 1.54) is 6.42 Å². The van der Waals surface area contributed by atoms with Crippen molar-refractivity contribution in [2.75, 3.05) is 54.5 Å². The van der Waals surface area contributed by atoms with Gasteiger partial charge in [-0.15, -0.1) is 0 Å². The Kier molecular flexibility index (Phi) is 8.12. The Hall–Kier alpha value is -2.88. The van der Waals surface area contributed by atoms with Gasteiger partial charge in [-0.3, -0.25) is 0 Å². The monoisotopic (exact) mass is 540 g/mol. The van der Waals surface area contributed by atoms with Crippen LogP contribution in [-0.2, 0) is 11.3 Å². The predicted molar refractivity (Wildman–Crippen MR) is 152 cm³/mol. The van der Waals surface area contributed by atoms with Crippen molar-refractivity contribution in [2.45, 2.75) is 26.8 Å². The lowest BCUT2D eigenvalue weighted by Crippen LogP contribution is -2.40. The van der Waals surface area contributed by atoms with E-state index >= 15 is 0 Å². The van der Waals surface area contributed by atoms with Crippen LogP contribution in [0.1, 0.15) is 26.0 Å². The number of nitrogens with one attached hydrogen (secondary N) is 2. The van der Waals surface area contributed by atoms with E-state index in [0.29, 0.717) is 47.7 Å². The zero-order valence-corrected chi connectivity index (χ0v) is 22.8. The molecule has 2 N–H and O–H groups in total. The first-order valence-corrected chi connectivity index (χ1v) is 13.6. The van der Waals surface area contributed by atoms with E-state index in [9.17, 15) is 0 Å². The zero-order chi connectivity index (χ0) is 25.8. The molecule has 2 atom stereocenters. The van der Waals surface area contributed by atoms with Crippen LogP contribution >= 0.6 is 23.8 Å². The van der Waals surface area contributed by atoms with Crippen LogP contribution in [0.3, 0.4) is 0 Å². The fraction of sp³-hybridized carbons (Fsp3) is 0.444. The van der Waals surface area contributed by atoms with Crippen molar-refractivity contribution in [1.82, 2.24) is 15.3 Å². The van der Waals surface area contributed by atoms with Crippen LogP contribution in [0.25, 0.3) is 11.3 Å². The Morgan fingerprint density at radius 1 is 1.00 bits per heavy atom. The summed E-state index contributed by atoms with van der Waals surface area (Å²) in [5.41, 5.74) is 0.971. The van der Waals surface area contributed by atoms with Crippen molar-refractivity contribution in [3.63, 3.8) is 0 Å². The van der Waals surface area contributed by atoms with E-state index in [0.717, 1.165) is 54.9 Å². The Morgan fingerprint density at radius 2 is 1.68 bits per heavy atom. The van der Waals surface area contributed by atoms with E-state index in [1.807, 2.05) is 36.4 Å². The van der Waals surface area contributed by atoms with Crippen LogP contribution < -0.4 is 20.4 Å². The van der Waals surface area contributed by atoms with Crippen LogP contribution in [0.2, 0.25) is 5.02 Å². The standard InChI is InChI=1S/C27H33ClN6O2S/c1-18-13-19(2)17-34(16-18)25-14-24(33-9-11-35-12-10-33)30-26(31-25)32-27(37)29-15-22-7-8-23(36-22)20-3-5-21(28)6-4-20/h3-8,14,18-19H,9-13,15-17H2,1-2H3,(H2,29,30,31,32,37)/t18-,19-/m0/s1. The third-order valence-corrected chi connectivity index (χ3v) is 7.16. The maximum atomic E-state index is 5.99. The van der Waals surface area contributed by atoms with Crippen molar-refractivity contribution in [3.8, 4) is 11.3 Å². The highest BCUT2D eigenvalue weighted by molar-refractivity contribution is 7.80. The summed E-state index contributed by atoms with van der Waals surface area (Å²) in [5.74, 6) is 5.11. The number of nitrogens with zero attached hydrogens (tertiary/aromatic N) is 4. The average molecular weight is 541 g/mol. The first-order valence-electron chi connectivity index (χ1n) is 12.8. The van der Waals surface area contributed by atoms with E-state index in [1.54, 1.807) is 0 Å². The average Bonchev–Trinajstić information content (AvgIpc) is 3.37. The lowest BCUT2D eigenvalue weighted by molar-refractivity contribution is 0.122. The molecule has 37 heavy (non-hydrogen) atoms. The van der Waals surface area contributed by atoms with Crippen LogP contribution in [0, 0.1) is 11.8 Å². The SMILES string of the molecule is C[C@H]1C[C@H](C)CN(c2cc(N3CCOCC3)nc(NC(=S)NCc3ccc(-c4ccc(Cl)cc4)o3)n2)C1. The molecule has 0 unspecified atom stereocenters. The number of anilines is 3. The Labute approximate surface area is 228 Å². The molecule has 196 valence electrons. The summed E-state index contributed by atoms with van der Waals surface area (Å²) in [6, 6.07) is 13.5. The van der Waals surface area contributed by atoms with Gasteiger partial charge in [0.25, 0.3) is 0 Å². The van der Waals surface area contributed by atoms with Crippen LogP contribution in [-0.4, -0.2) is 54.5 Å². The van der Waals surface area contributed by atoms with Crippen LogP contribution in [0.15, 0.2) is 46.9 Å². The van der Waals surface area contributed by atoms with Gasteiger partial charge in [0.1, 0.15) is 23.2 Å². The van der Waals surface area contributed by atoms with E-state index < -0.39 is 0 Å². The van der Waals surface area contributed by atoms with Gasteiger partial charge in [0.15, 0.2) is 5.11 Å². The first-order chi connectivity index (χ1) is 17.9. The highest BCUT2D eigenvalue weighted by Gasteiger charge is 2.25. The first kappa shape index (κ1) is 25.8. The molecule has 1 aromatic carbocycles. The Balaban J connectivity index is 1.27. The molecule has 0 aliphatic carbocycles. The molecular formula is C27H33ClN6O2S. The fourth-order valence-corrected chi connectivity index (χ4v) is 5.29. The maximum Gasteiger partial charge on any atom is 0.232 e. The number of hydrogen-bond donors (Lipinski definition) is 2. The minimum Gasteiger partial charge on any atom is -0.459 e. The number of halogens is 1. The molecule has 0 saturated carbocycles. The third kappa shape index (κ3) is 6.71. The molecule has 2 aromatic heterocycles. The number of morpholine rings is 1. The molecule has 0 spiro atoms. The van der Waals surface area contributed by atoms with Gasteiger partial charge in [0.05, 0.1) is 19.8 Å². The largest absolute Gasteiger partial charge is 0.459 e. The van der Waals surface area contributed by atoms with E-state index in [-0.39, 0.29) is 0 Å². The van der Waals surface area contributed by atoms with Gasteiger partial charge < -0.3 is 29.6 Å². The molecule has 0 bridgehead atoms. The number of thiocarbonyl (C=S) groups is 1. The quantitative estimate of drug-likeness (QED) is 0.410. The molecule has 5 rings (SSSR count). The zero-order valence-electron chi connectivity index (χ0n) is 21.2. The summed E-state index contributed by atoms with van der Waals surface area (Å²) in [5, 5.41) is 7.54. The maximum absolute atomic E-state index is 5.99. The summed E-state index contributed by atoms with van der Waals surface area (Å²) in [7, 11) is 0. The number of benzene rings is 1. The molecule has 2 aliphatic heterocycles. The lowest BCUT2D eigenvalue weighted by atomic mass is 9.92. The number of furan rings is 1. The number of ether oxygens (including phenoxy) is 1. The minimum atomic E-state index is 0.440. The van der Waals surface area contributed by atoms with E-state index in [4.69, 9.17) is 42.9 Å². The van der Waals surface area contributed by atoms with Gasteiger partial charge >= 0.3 is 0 Å². The van der Waals surface area contributed by atoms with Gasteiger partial charge in [-0.1, -0.05) is 25.4 Å². The van der Waals surface area contributed by atoms with Crippen molar-refractivity contribution in [3.05, 3.63) is 53.2 Å². The van der Waals surface area contributed by atoms with Gasteiger partial charge in [-0.05, 0) is 66.9 Å². The van der Waals surface area contributed by atoms with E-state index in [2.05, 4.69) is 40.3 Å². The minimum absolute atomic E-state index is 0.440. The molecule has 2 aliphatic rings. The Bertz CT molecular complexity index is 1200. The number of aromatic nitrogens is 2. The predicted octanol–water partition coefficient (Wildman–Crippen LogP) is 5.20. The van der Waals surface area contributed by atoms with Crippen molar-refractivity contribution in [1.29, 1.82) is 0 Å². The van der Waals surface area contributed by atoms with Gasteiger partial charge in [0, 0.05) is 42.8 Å². The summed E-state index contributed by atoms with van der Waals surface area (Å²) in [6.45, 7) is 10.0. The summed E-state index contributed by atoms with van der Waals surface area (Å²) in [4.78, 5) is 14.3. The van der Waals surface area contributed by atoms with Gasteiger partial charge in [-0.2, -0.15) is 9.97 Å². The van der Waals surface area contributed by atoms with Crippen molar-refractivity contribution < 1.29 is 9.15 Å². The number of hydrogen-bond acceptors (Lipinski definition) is 7. The second-order valence-corrected chi connectivity index (χ2v) is 10.8. The smallest absolute Gasteiger partial charge is 0.232 e. The molecule has 10 heteroatoms.